The van der Waals surface area contributed by atoms with Crippen molar-refractivity contribution in [2.24, 2.45) is 0 Å². The quantitative estimate of drug-likeness (QED) is 0.127. The fraction of sp³-hybridized carbons (Fsp3) is 0.353. The van der Waals surface area contributed by atoms with Gasteiger partial charge in [-0.1, -0.05) is 48.4 Å². The number of nitrogens with one attached hydrogen (secondary N) is 5. The lowest BCUT2D eigenvalue weighted by molar-refractivity contribution is -0.131. The Morgan fingerprint density at radius 1 is 1.00 bits per heavy atom. The molecule has 2 atom stereocenters. The number of carbonyl (C=O) groups is 2. The third kappa shape index (κ3) is 7.81. The summed E-state index contributed by atoms with van der Waals surface area (Å²) in [7, 11) is 3.58. The number of imidazole rings is 2. The molecule has 2 amide bonds. The van der Waals surface area contributed by atoms with Crippen molar-refractivity contribution < 1.29 is 9.59 Å². The smallest absolute Gasteiger partial charge is 0.241 e. The first-order valence-electron chi connectivity index (χ1n) is 15.2. The van der Waals surface area contributed by atoms with Gasteiger partial charge in [-0.2, -0.15) is 0 Å². The number of likely N-dealkylation sites (tertiary alicyclic amines) is 1. The van der Waals surface area contributed by atoms with E-state index in [4.69, 9.17) is 0 Å². The molecule has 1 aliphatic heterocycles. The molecule has 10 nitrogen and oxygen atoms in total. The molecule has 44 heavy (non-hydrogen) atoms. The molecule has 10 heteroatoms. The van der Waals surface area contributed by atoms with Gasteiger partial charge in [0.15, 0.2) is 0 Å². The number of H-pyrrole nitrogens is 2. The van der Waals surface area contributed by atoms with Crippen molar-refractivity contribution >= 4 is 11.8 Å². The van der Waals surface area contributed by atoms with Crippen LogP contribution >= 0.6 is 0 Å². The van der Waals surface area contributed by atoms with Crippen molar-refractivity contribution in [3.8, 4) is 23.1 Å². The number of aryl methyl sites for hydroxylation is 1. The van der Waals surface area contributed by atoms with Crippen LogP contribution in [0.1, 0.15) is 66.2 Å². The van der Waals surface area contributed by atoms with Crippen LogP contribution in [0.3, 0.4) is 0 Å². The topological polar surface area (TPSA) is 131 Å². The molecule has 3 heterocycles. The van der Waals surface area contributed by atoms with E-state index in [1.807, 2.05) is 65.7 Å². The third-order valence-electron chi connectivity index (χ3n) is 7.80. The lowest BCUT2D eigenvalue weighted by atomic mass is 10.1. The predicted octanol–water partition coefficient (Wildman–Crippen LogP) is 3.48. The highest BCUT2D eigenvalue weighted by atomic mass is 16.2. The second-order valence-corrected chi connectivity index (χ2v) is 10.9. The molecule has 2 unspecified atom stereocenters. The number of benzene rings is 2. The number of rotatable bonds is 12. The van der Waals surface area contributed by atoms with Crippen molar-refractivity contribution in [1.82, 2.24) is 40.8 Å². The maximum absolute atomic E-state index is 12.6. The molecule has 228 valence electrons. The van der Waals surface area contributed by atoms with Crippen LogP contribution < -0.4 is 16.0 Å². The first kappa shape index (κ1) is 30.7. The van der Waals surface area contributed by atoms with Crippen LogP contribution in [0, 0.1) is 11.8 Å². The predicted molar refractivity (Wildman–Crippen MR) is 170 cm³/mol. The average Bonchev–Trinajstić information content (AvgIpc) is 3.83. The molecule has 1 saturated heterocycles. The van der Waals surface area contributed by atoms with E-state index in [1.165, 1.54) is 0 Å². The van der Waals surface area contributed by atoms with Gasteiger partial charge >= 0.3 is 0 Å². The number of aromatic nitrogens is 4. The Kier molecular flexibility index (Phi) is 10.6. The zero-order chi connectivity index (χ0) is 30.7. The van der Waals surface area contributed by atoms with E-state index in [2.05, 4.69) is 47.7 Å². The molecule has 2 aromatic carbocycles. The van der Waals surface area contributed by atoms with Gasteiger partial charge in [0.1, 0.15) is 23.4 Å². The van der Waals surface area contributed by atoms with Crippen molar-refractivity contribution in [3.63, 3.8) is 0 Å². The van der Waals surface area contributed by atoms with Gasteiger partial charge in [-0.05, 0) is 69.0 Å². The van der Waals surface area contributed by atoms with E-state index in [9.17, 15) is 9.59 Å². The van der Waals surface area contributed by atoms with Crippen LogP contribution in [0.2, 0.25) is 0 Å². The van der Waals surface area contributed by atoms with Gasteiger partial charge in [0.25, 0.3) is 0 Å². The Hall–Kier alpha value is -4.72. The highest BCUT2D eigenvalue weighted by Crippen LogP contribution is 2.30. The first-order chi connectivity index (χ1) is 21.6. The van der Waals surface area contributed by atoms with Crippen molar-refractivity contribution in [3.05, 3.63) is 95.5 Å². The van der Waals surface area contributed by atoms with Gasteiger partial charge in [0, 0.05) is 25.1 Å². The Balaban J connectivity index is 1.08. The Labute approximate surface area is 258 Å². The normalized spacial score (nSPS) is 15.0. The summed E-state index contributed by atoms with van der Waals surface area (Å²) < 4.78 is 0. The second kappa shape index (κ2) is 15.1. The van der Waals surface area contributed by atoms with E-state index >= 15 is 0 Å². The molecule has 0 radical (unpaired) electrons. The molecule has 0 saturated carbocycles. The van der Waals surface area contributed by atoms with Gasteiger partial charge in [-0.3, -0.25) is 9.59 Å². The maximum atomic E-state index is 12.6. The average molecular weight is 593 g/mol. The Morgan fingerprint density at radius 2 is 1.82 bits per heavy atom. The number of hydrogen-bond acceptors (Lipinski definition) is 6. The number of hydrogen-bond donors (Lipinski definition) is 5. The van der Waals surface area contributed by atoms with Crippen LogP contribution in [0.25, 0.3) is 11.3 Å². The molecule has 1 aliphatic rings. The zero-order valence-electron chi connectivity index (χ0n) is 25.3. The molecule has 0 aliphatic carbocycles. The highest BCUT2D eigenvalue weighted by molar-refractivity contribution is 5.83. The molecule has 4 aromatic rings. The Morgan fingerprint density at radius 3 is 2.59 bits per heavy atom. The standard InChI is InChI=1S/C34H40N8O2/c1-35-23-31(43)42-20-8-11-29(42)33-39-21-27(40-33)18-15-24-13-16-25(17-14-24)28-22-38-30(41-28)12-6-7-19-37-34(44)32(36-2)26-9-4-3-5-10-26/h3-5,9-10,13-14,16-17,21-22,29,32,35-36H,6-8,11-12,19-20,23H2,1-2H3,(H,37,44)(H,38,41)(H,39,40). The fourth-order valence-electron chi connectivity index (χ4n) is 5.51. The minimum atomic E-state index is -0.353. The summed E-state index contributed by atoms with van der Waals surface area (Å²) in [4.78, 5) is 42.7. The zero-order valence-corrected chi connectivity index (χ0v) is 25.3. The molecule has 0 bridgehead atoms. The van der Waals surface area contributed by atoms with Crippen molar-refractivity contribution in [1.29, 1.82) is 0 Å². The SMILES string of the molecule is CNCC(=O)N1CCCC1c1ncc(C#Cc2ccc(-c3cnc(CCCCNC(=O)C(NC)c4ccccc4)[nH]3)cc2)[nH]1. The number of carbonyl (C=O) groups excluding carboxylic acids is 2. The number of unbranched alkanes of at least 4 members (excludes halogenated alkanes) is 1. The largest absolute Gasteiger partial charge is 0.354 e. The van der Waals surface area contributed by atoms with E-state index in [-0.39, 0.29) is 23.9 Å². The lowest BCUT2D eigenvalue weighted by Crippen LogP contribution is -2.37. The minimum Gasteiger partial charge on any atom is -0.354 e. The van der Waals surface area contributed by atoms with Gasteiger partial charge < -0.3 is 30.8 Å². The summed E-state index contributed by atoms with van der Waals surface area (Å²) in [6.45, 7) is 1.70. The van der Waals surface area contributed by atoms with E-state index < -0.39 is 0 Å². The van der Waals surface area contributed by atoms with E-state index in [0.717, 1.165) is 78.4 Å². The van der Waals surface area contributed by atoms with Crippen LogP contribution in [0.5, 0.6) is 0 Å². The van der Waals surface area contributed by atoms with Crippen LogP contribution in [0.4, 0.5) is 0 Å². The highest BCUT2D eigenvalue weighted by Gasteiger charge is 2.31. The summed E-state index contributed by atoms with van der Waals surface area (Å²) in [6.07, 6.45) is 8.05. The molecular weight excluding hydrogens is 552 g/mol. The van der Waals surface area contributed by atoms with Gasteiger partial charge in [0.2, 0.25) is 11.8 Å². The summed E-state index contributed by atoms with van der Waals surface area (Å²) in [5.74, 6) is 8.15. The molecule has 2 aromatic heterocycles. The molecule has 5 rings (SSSR count). The number of amides is 2. The minimum absolute atomic E-state index is 0.0182. The monoisotopic (exact) mass is 592 g/mol. The number of aromatic amines is 2. The van der Waals surface area contributed by atoms with Crippen molar-refractivity contribution in [2.45, 2.75) is 44.2 Å². The molecule has 1 fully saturated rings. The van der Waals surface area contributed by atoms with Gasteiger partial charge in [-0.25, -0.2) is 9.97 Å². The third-order valence-corrected chi connectivity index (χ3v) is 7.80. The molecule has 5 N–H and O–H groups in total. The van der Waals surface area contributed by atoms with Gasteiger partial charge in [-0.15, -0.1) is 0 Å². The molecule has 0 spiro atoms. The van der Waals surface area contributed by atoms with Crippen LogP contribution in [0.15, 0.2) is 67.0 Å². The summed E-state index contributed by atoms with van der Waals surface area (Å²) >= 11 is 0. The summed E-state index contributed by atoms with van der Waals surface area (Å²) in [5, 5.41) is 9.06. The Bertz CT molecular complexity index is 1580. The summed E-state index contributed by atoms with van der Waals surface area (Å²) in [5.41, 5.74) is 4.57. The van der Waals surface area contributed by atoms with E-state index in [1.54, 1.807) is 20.3 Å². The van der Waals surface area contributed by atoms with Crippen molar-refractivity contribution in [2.75, 3.05) is 33.7 Å². The summed E-state index contributed by atoms with van der Waals surface area (Å²) in [6, 6.07) is 17.4. The van der Waals surface area contributed by atoms with Crippen LogP contribution in [-0.4, -0.2) is 70.4 Å². The molecular formula is C34H40N8O2. The second-order valence-electron chi connectivity index (χ2n) is 10.9. The lowest BCUT2D eigenvalue weighted by Gasteiger charge is -2.23. The maximum Gasteiger partial charge on any atom is 0.241 e. The number of likely N-dealkylation sites (N-methyl/N-ethyl adjacent to an activating group) is 2. The van der Waals surface area contributed by atoms with E-state index in [0.29, 0.717) is 13.1 Å². The fourth-order valence-corrected chi connectivity index (χ4v) is 5.51. The first-order valence-corrected chi connectivity index (χ1v) is 15.2. The van der Waals surface area contributed by atoms with Gasteiger partial charge in [0.05, 0.1) is 30.7 Å². The number of nitrogens with zero attached hydrogens (tertiary/aromatic N) is 3. The van der Waals surface area contributed by atoms with Crippen LogP contribution in [-0.2, 0) is 16.0 Å².